The Balaban J connectivity index is 3.37. The van der Waals surface area contributed by atoms with E-state index in [9.17, 15) is 9.59 Å². The van der Waals surface area contributed by atoms with Gasteiger partial charge >= 0.3 is 11.9 Å². The zero-order chi connectivity index (χ0) is 11.6. The molecule has 5 nitrogen and oxygen atoms in total. The lowest BCUT2D eigenvalue weighted by Gasteiger charge is -1.99. The summed E-state index contributed by atoms with van der Waals surface area (Å²) in [6, 6.07) is 0. The van der Waals surface area contributed by atoms with E-state index in [0.29, 0.717) is 24.1 Å². The fourth-order valence-corrected chi connectivity index (χ4v) is 1.65. The summed E-state index contributed by atoms with van der Waals surface area (Å²) in [5.74, 6) is -2.20. The molecular weight excluding hydrogens is 198 g/mol. The van der Waals surface area contributed by atoms with Gasteiger partial charge in [0.15, 0.2) is 0 Å². The molecule has 0 saturated carbocycles. The molecular formula is C10H13NO4. The molecule has 1 aromatic rings. The van der Waals surface area contributed by atoms with E-state index in [1.54, 1.807) is 6.92 Å². The van der Waals surface area contributed by atoms with E-state index >= 15 is 0 Å². The van der Waals surface area contributed by atoms with Gasteiger partial charge in [-0.15, -0.1) is 0 Å². The van der Waals surface area contributed by atoms with E-state index < -0.39 is 11.9 Å². The first-order chi connectivity index (χ1) is 6.99. The summed E-state index contributed by atoms with van der Waals surface area (Å²) in [5, 5.41) is 17.8. The highest BCUT2D eigenvalue weighted by atomic mass is 16.4. The van der Waals surface area contributed by atoms with Crippen LogP contribution in [0.1, 0.15) is 45.4 Å². The van der Waals surface area contributed by atoms with Crippen molar-refractivity contribution in [1.82, 2.24) is 4.98 Å². The van der Waals surface area contributed by atoms with Gasteiger partial charge in [0, 0.05) is 5.69 Å². The molecule has 0 saturated heterocycles. The molecule has 1 heterocycles. The summed E-state index contributed by atoms with van der Waals surface area (Å²) in [6.45, 7) is 3.44. The lowest BCUT2D eigenvalue weighted by Crippen LogP contribution is -2.05. The maximum Gasteiger partial charge on any atom is 0.352 e. The van der Waals surface area contributed by atoms with E-state index in [0.717, 1.165) is 0 Å². The quantitative estimate of drug-likeness (QED) is 0.706. The molecule has 1 aromatic heterocycles. The Bertz CT molecular complexity index is 406. The van der Waals surface area contributed by atoms with Gasteiger partial charge in [0.1, 0.15) is 5.69 Å². The average Bonchev–Trinajstić information content (AvgIpc) is 2.43. The number of aromatic nitrogens is 1. The fraction of sp³-hybridized carbons (Fsp3) is 0.400. The van der Waals surface area contributed by atoms with E-state index in [-0.39, 0.29) is 11.3 Å². The number of nitrogens with one attached hydrogen (secondary N) is 1. The number of carboxylic acids is 2. The van der Waals surface area contributed by atoms with Crippen molar-refractivity contribution in [2.24, 2.45) is 0 Å². The van der Waals surface area contributed by atoms with Crippen molar-refractivity contribution >= 4 is 11.9 Å². The Morgan fingerprint density at radius 1 is 1.27 bits per heavy atom. The van der Waals surface area contributed by atoms with Crippen LogP contribution in [-0.4, -0.2) is 27.1 Å². The highest BCUT2D eigenvalue weighted by molar-refractivity contribution is 5.97. The third-order valence-electron chi connectivity index (χ3n) is 2.22. The number of carboxylic acid groups (broad SMARTS) is 2. The van der Waals surface area contributed by atoms with Crippen LogP contribution in [0.15, 0.2) is 0 Å². The number of H-pyrrole nitrogens is 1. The van der Waals surface area contributed by atoms with Crippen LogP contribution in [0.3, 0.4) is 0 Å². The largest absolute Gasteiger partial charge is 0.478 e. The van der Waals surface area contributed by atoms with Crippen LogP contribution >= 0.6 is 0 Å². The number of carbonyl (C=O) groups is 2. The summed E-state index contributed by atoms with van der Waals surface area (Å²) in [5.41, 5.74) is 0.861. The third-order valence-corrected chi connectivity index (χ3v) is 2.22. The highest BCUT2D eigenvalue weighted by Crippen LogP contribution is 2.20. The number of aromatic amines is 1. The number of aromatic carboxylic acids is 2. The summed E-state index contributed by atoms with van der Waals surface area (Å²) >= 11 is 0. The second-order valence-electron chi connectivity index (χ2n) is 3.34. The summed E-state index contributed by atoms with van der Waals surface area (Å²) in [4.78, 5) is 24.4. The number of hydrogen-bond donors (Lipinski definition) is 3. The molecule has 0 spiro atoms. The van der Waals surface area contributed by atoms with Crippen molar-refractivity contribution in [1.29, 1.82) is 0 Å². The zero-order valence-electron chi connectivity index (χ0n) is 8.63. The number of hydrogen-bond acceptors (Lipinski definition) is 2. The number of rotatable bonds is 4. The van der Waals surface area contributed by atoms with Gasteiger partial charge in [0.2, 0.25) is 0 Å². The van der Waals surface area contributed by atoms with Crippen LogP contribution < -0.4 is 0 Å². The minimum absolute atomic E-state index is 0.00764. The third kappa shape index (κ3) is 2.01. The van der Waals surface area contributed by atoms with Crippen molar-refractivity contribution in [3.8, 4) is 0 Å². The Kier molecular flexibility index (Phi) is 3.14. The van der Waals surface area contributed by atoms with Crippen LogP contribution in [-0.2, 0) is 6.42 Å². The molecule has 0 aliphatic rings. The molecule has 0 aliphatic heterocycles. The van der Waals surface area contributed by atoms with E-state index in [1.165, 1.54) is 0 Å². The van der Waals surface area contributed by atoms with Crippen LogP contribution in [0.2, 0.25) is 0 Å². The minimum Gasteiger partial charge on any atom is -0.478 e. The van der Waals surface area contributed by atoms with Gasteiger partial charge in [0.05, 0.1) is 5.56 Å². The molecule has 5 heteroatoms. The molecule has 1 rings (SSSR count). The van der Waals surface area contributed by atoms with Gasteiger partial charge < -0.3 is 15.2 Å². The Labute approximate surface area is 86.7 Å². The molecule has 0 aliphatic carbocycles. The first-order valence-corrected chi connectivity index (χ1v) is 4.67. The van der Waals surface area contributed by atoms with E-state index in [1.807, 2.05) is 6.92 Å². The van der Waals surface area contributed by atoms with E-state index in [2.05, 4.69) is 4.98 Å². The molecule has 0 bridgehead atoms. The normalized spacial score (nSPS) is 10.3. The van der Waals surface area contributed by atoms with Gasteiger partial charge in [-0.25, -0.2) is 9.59 Å². The van der Waals surface area contributed by atoms with Crippen LogP contribution in [0, 0.1) is 6.92 Å². The molecule has 15 heavy (non-hydrogen) atoms. The Morgan fingerprint density at radius 2 is 1.87 bits per heavy atom. The first-order valence-electron chi connectivity index (χ1n) is 4.67. The zero-order valence-corrected chi connectivity index (χ0v) is 8.63. The summed E-state index contributed by atoms with van der Waals surface area (Å²) < 4.78 is 0. The maximum absolute atomic E-state index is 10.9. The van der Waals surface area contributed by atoms with Gasteiger partial charge in [0.25, 0.3) is 0 Å². The maximum atomic E-state index is 10.9. The fourth-order valence-electron chi connectivity index (χ4n) is 1.65. The lowest BCUT2D eigenvalue weighted by molar-refractivity contribution is 0.0687. The Hall–Kier alpha value is -1.78. The lowest BCUT2D eigenvalue weighted by atomic mass is 10.0. The van der Waals surface area contributed by atoms with Gasteiger partial charge in [-0.1, -0.05) is 13.3 Å². The highest BCUT2D eigenvalue weighted by Gasteiger charge is 2.23. The monoisotopic (exact) mass is 211 g/mol. The SMILES string of the molecule is CCCc1c(C(=O)O)[nH]c(C)c1C(=O)O. The standard InChI is InChI=1S/C10H13NO4/c1-3-4-6-7(9(12)13)5(2)11-8(6)10(14)15/h11H,3-4H2,1-2H3,(H,12,13)(H,14,15). The molecule has 82 valence electrons. The van der Waals surface area contributed by atoms with Crippen LogP contribution in [0.4, 0.5) is 0 Å². The minimum atomic E-state index is -1.12. The van der Waals surface area contributed by atoms with Crippen LogP contribution in [0.25, 0.3) is 0 Å². The van der Waals surface area contributed by atoms with E-state index in [4.69, 9.17) is 10.2 Å². The summed E-state index contributed by atoms with van der Waals surface area (Å²) in [6.07, 6.45) is 1.16. The first kappa shape index (κ1) is 11.3. The molecule has 3 N–H and O–H groups in total. The van der Waals surface area contributed by atoms with Crippen molar-refractivity contribution in [3.63, 3.8) is 0 Å². The molecule has 0 radical (unpaired) electrons. The van der Waals surface area contributed by atoms with Gasteiger partial charge in [-0.2, -0.15) is 0 Å². The van der Waals surface area contributed by atoms with Gasteiger partial charge in [-0.05, 0) is 18.9 Å². The van der Waals surface area contributed by atoms with Crippen molar-refractivity contribution in [2.75, 3.05) is 0 Å². The van der Waals surface area contributed by atoms with Gasteiger partial charge in [-0.3, -0.25) is 0 Å². The number of aryl methyl sites for hydroxylation is 1. The van der Waals surface area contributed by atoms with Crippen molar-refractivity contribution in [3.05, 3.63) is 22.5 Å². The van der Waals surface area contributed by atoms with Crippen molar-refractivity contribution < 1.29 is 19.8 Å². The second kappa shape index (κ2) is 4.16. The van der Waals surface area contributed by atoms with Crippen LogP contribution in [0.5, 0.6) is 0 Å². The summed E-state index contributed by atoms with van der Waals surface area (Å²) in [7, 11) is 0. The Morgan fingerprint density at radius 3 is 2.27 bits per heavy atom. The second-order valence-corrected chi connectivity index (χ2v) is 3.34. The topological polar surface area (TPSA) is 90.4 Å². The molecule has 0 atom stereocenters. The predicted molar refractivity (Wildman–Crippen MR) is 53.4 cm³/mol. The molecule has 0 unspecified atom stereocenters. The predicted octanol–water partition coefficient (Wildman–Crippen LogP) is 1.67. The molecule has 0 amide bonds. The molecule has 0 aromatic carbocycles. The van der Waals surface area contributed by atoms with Crippen molar-refractivity contribution in [2.45, 2.75) is 26.7 Å². The molecule has 0 fully saturated rings. The average molecular weight is 211 g/mol. The smallest absolute Gasteiger partial charge is 0.352 e.